The van der Waals surface area contributed by atoms with Gasteiger partial charge in [0.15, 0.2) is 0 Å². The van der Waals surface area contributed by atoms with Crippen LogP contribution in [0.2, 0.25) is 0 Å². The number of hydrogen-bond donors (Lipinski definition) is 2. The molecule has 2 aromatic rings. The highest BCUT2D eigenvalue weighted by molar-refractivity contribution is 5.95. The summed E-state index contributed by atoms with van der Waals surface area (Å²) in [5.41, 5.74) is 8.02. The van der Waals surface area contributed by atoms with E-state index in [9.17, 15) is 4.79 Å². The van der Waals surface area contributed by atoms with Crippen LogP contribution in [0.1, 0.15) is 29.4 Å². The van der Waals surface area contributed by atoms with Crippen LogP contribution >= 0.6 is 0 Å². The van der Waals surface area contributed by atoms with Crippen LogP contribution in [-0.2, 0) is 4.79 Å². The fourth-order valence-corrected chi connectivity index (χ4v) is 2.44. The average Bonchev–Trinajstić information content (AvgIpc) is 3.27. The first-order chi connectivity index (χ1) is 10.6. The molecule has 6 heteroatoms. The largest absolute Gasteiger partial charge is 0.399 e. The van der Waals surface area contributed by atoms with Crippen LogP contribution in [0.3, 0.4) is 0 Å². The third-order valence-corrected chi connectivity index (χ3v) is 3.62. The Bertz CT molecular complexity index is 780. The van der Waals surface area contributed by atoms with Crippen molar-refractivity contribution in [3.05, 3.63) is 47.5 Å². The Balaban J connectivity index is 1.69. The fourth-order valence-electron chi connectivity index (χ4n) is 2.44. The molecule has 3 N–H and O–H groups in total. The van der Waals surface area contributed by atoms with E-state index >= 15 is 0 Å². The molecule has 0 spiro atoms. The number of nitrogens with one attached hydrogen (secondary N) is 1. The monoisotopic (exact) mass is 293 g/mol. The molecular formula is C16H15N5O. The molecule has 1 aliphatic carbocycles. The second kappa shape index (κ2) is 5.45. The van der Waals surface area contributed by atoms with Crippen LogP contribution in [0.25, 0.3) is 0 Å². The third-order valence-electron chi connectivity index (χ3n) is 3.62. The normalized spacial score (nSPS) is 19.3. The molecule has 2 atom stereocenters. The van der Waals surface area contributed by atoms with Gasteiger partial charge in [-0.2, -0.15) is 5.26 Å². The molecule has 6 nitrogen and oxygen atoms in total. The summed E-state index contributed by atoms with van der Waals surface area (Å²) in [5.74, 6) is 0.556. The molecule has 22 heavy (non-hydrogen) atoms. The summed E-state index contributed by atoms with van der Waals surface area (Å²) in [6.07, 6.45) is 2.45. The summed E-state index contributed by atoms with van der Waals surface area (Å²) in [4.78, 5) is 20.9. The zero-order chi connectivity index (χ0) is 15.7. The van der Waals surface area contributed by atoms with Crippen molar-refractivity contribution in [3.8, 4) is 6.07 Å². The molecule has 0 aliphatic heterocycles. The van der Waals surface area contributed by atoms with Crippen molar-refractivity contribution in [1.29, 1.82) is 5.26 Å². The molecule has 1 amide bonds. The van der Waals surface area contributed by atoms with Gasteiger partial charge in [-0.25, -0.2) is 9.97 Å². The summed E-state index contributed by atoms with van der Waals surface area (Å²) in [7, 11) is 0. The molecule has 1 fully saturated rings. The molecule has 1 aliphatic rings. The van der Waals surface area contributed by atoms with E-state index in [1.807, 2.05) is 19.1 Å². The number of nitrogens with zero attached hydrogens (tertiary/aromatic N) is 3. The smallest absolute Gasteiger partial charge is 0.228 e. The fraction of sp³-hybridized carbons (Fsp3) is 0.250. The zero-order valence-electron chi connectivity index (χ0n) is 12.1. The van der Waals surface area contributed by atoms with Gasteiger partial charge in [-0.15, -0.1) is 0 Å². The van der Waals surface area contributed by atoms with Gasteiger partial charge >= 0.3 is 0 Å². The van der Waals surface area contributed by atoms with Gasteiger partial charge in [0, 0.05) is 35.1 Å². The van der Waals surface area contributed by atoms with Crippen LogP contribution in [-0.4, -0.2) is 15.9 Å². The van der Waals surface area contributed by atoms with Crippen molar-refractivity contribution < 1.29 is 4.79 Å². The number of nitrogens with two attached hydrogens (primary N) is 1. The molecule has 0 bridgehead atoms. The molecule has 3 rings (SSSR count). The molecule has 1 aromatic carbocycles. The van der Waals surface area contributed by atoms with E-state index < -0.39 is 0 Å². The van der Waals surface area contributed by atoms with Crippen LogP contribution in [0, 0.1) is 24.2 Å². The number of anilines is 2. The van der Waals surface area contributed by atoms with Crippen molar-refractivity contribution in [2.24, 2.45) is 5.92 Å². The van der Waals surface area contributed by atoms with Gasteiger partial charge in [0.25, 0.3) is 0 Å². The summed E-state index contributed by atoms with van der Waals surface area (Å²) >= 11 is 0. The molecular weight excluding hydrogens is 278 g/mol. The molecule has 0 saturated heterocycles. The lowest BCUT2D eigenvalue weighted by atomic mass is 10.2. The predicted molar refractivity (Wildman–Crippen MR) is 81.8 cm³/mol. The molecule has 110 valence electrons. The number of nitriles is 1. The minimum absolute atomic E-state index is 0.0661. The maximum Gasteiger partial charge on any atom is 0.228 e. The van der Waals surface area contributed by atoms with Crippen molar-refractivity contribution in [2.45, 2.75) is 19.3 Å². The zero-order valence-corrected chi connectivity index (χ0v) is 12.1. The molecule has 0 radical (unpaired) electrons. The maximum absolute atomic E-state index is 12.3. The predicted octanol–water partition coefficient (Wildman–Crippen LogP) is 1.98. The molecule has 1 heterocycles. The Morgan fingerprint density at radius 1 is 1.45 bits per heavy atom. The number of hydrogen-bond acceptors (Lipinski definition) is 5. The number of benzene rings is 1. The lowest BCUT2D eigenvalue weighted by Crippen LogP contribution is -2.15. The van der Waals surface area contributed by atoms with E-state index in [2.05, 4.69) is 15.3 Å². The number of aromatic nitrogens is 2. The number of amides is 1. The topological polar surface area (TPSA) is 105 Å². The summed E-state index contributed by atoms with van der Waals surface area (Å²) in [5, 5.41) is 11.7. The summed E-state index contributed by atoms with van der Waals surface area (Å²) < 4.78 is 0. The van der Waals surface area contributed by atoms with E-state index in [0.29, 0.717) is 22.8 Å². The van der Waals surface area contributed by atoms with Crippen LogP contribution in [0.4, 0.5) is 11.4 Å². The Morgan fingerprint density at radius 3 is 3.00 bits per heavy atom. The van der Waals surface area contributed by atoms with E-state index in [4.69, 9.17) is 11.0 Å². The molecule has 1 aromatic heterocycles. The van der Waals surface area contributed by atoms with Gasteiger partial charge in [-0.3, -0.25) is 4.79 Å². The van der Waals surface area contributed by atoms with Crippen LogP contribution in [0.5, 0.6) is 0 Å². The highest BCUT2D eigenvalue weighted by Crippen LogP contribution is 2.46. The van der Waals surface area contributed by atoms with E-state index in [-0.39, 0.29) is 17.7 Å². The van der Waals surface area contributed by atoms with Crippen molar-refractivity contribution in [2.75, 3.05) is 11.1 Å². The van der Waals surface area contributed by atoms with E-state index in [1.54, 1.807) is 24.4 Å². The van der Waals surface area contributed by atoms with Crippen molar-refractivity contribution in [1.82, 2.24) is 9.97 Å². The summed E-state index contributed by atoms with van der Waals surface area (Å²) in [6.45, 7) is 1.90. The average molecular weight is 293 g/mol. The number of aryl methyl sites for hydroxylation is 1. The molecule has 1 saturated carbocycles. The first kappa shape index (κ1) is 14.0. The first-order valence-electron chi connectivity index (χ1n) is 6.98. The minimum atomic E-state index is -0.131. The minimum Gasteiger partial charge on any atom is -0.399 e. The Kier molecular flexibility index (Phi) is 3.47. The first-order valence-corrected chi connectivity index (χ1v) is 6.98. The van der Waals surface area contributed by atoms with Gasteiger partial charge in [0.2, 0.25) is 5.91 Å². The van der Waals surface area contributed by atoms with Crippen molar-refractivity contribution >= 4 is 17.3 Å². The molecule has 1 unspecified atom stereocenters. The van der Waals surface area contributed by atoms with E-state index in [0.717, 1.165) is 12.1 Å². The SMILES string of the molecule is Cc1ccnc(C2C[C@@H]2C(=O)Nc2cc(N)cc(C#N)c2)n1. The number of nitrogen functional groups attached to an aromatic ring is 1. The van der Waals surface area contributed by atoms with Gasteiger partial charge in [0.05, 0.1) is 11.6 Å². The van der Waals surface area contributed by atoms with Crippen LogP contribution in [0.15, 0.2) is 30.5 Å². The van der Waals surface area contributed by atoms with Gasteiger partial charge in [-0.05, 0) is 37.6 Å². The summed E-state index contributed by atoms with van der Waals surface area (Å²) in [6, 6.07) is 8.66. The lowest BCUT2D eigenvalue weighted by molar-refractivity contribution is -0.117. The van der Waals surface area contributed by atoms with Gasteiger partial charge in [0.1, 0.15) is 5.82 Å². The quantitative estimate of drug-likeness (QED) is 0.842. The number of carbonyl (C=O) groups excluding carboxylic acids is 1. The Hall–Kier alpha value is -2.94. The van der Waals surface area contributed by atoms with Gasteiger partial charge in [-0.1, -0.05) is 0 Å². The van der Waals surface area contributed by atoms with Gasteiger partial charge < -0.3 is 11.1 Å². The number of rotatable bonds is 3. The number of carbonyl (C=O) groups is 1. The Labute approximate surface area is 128 Å². The third kappa shape index (κ3) is 2.88. The van der Waals surface area contributed by atoms with Crippen LogP contribution < -0.4 is 11.1 Å². The second-order valence-electron chi connectivity index (χ2n) is 5.45. The lowest BCUT2D eigenvalue weighted by Gasteiger charge is -2.06. The second-order valence-corrected chi connectivity index (χ2v) is 5.45. The maximum atomic E-state index is 12.3. The highest BCUT2D eigenvalue weighted by atomic mass is 16.2. The van der Waals surface area contributed by atoms with E-state index in [1.165, 1.54) is 0 Å². The van der Waals surface area contributed by atoms with Crippen molar-refractivity contribution in [3.63, 3.8) is 0 Å². The standard InChI is InChI=1S/C16H15N5O/c1-9-2-3-19-15(20-9)13-7-14(13)16(22)21-12-5-10(8-17)4-11(18)6-12/h2-6,13-14H,7,18H2,1H3,(H,21,22)/t13?,14-/m0/s1. The Morgan fingerprint density at radius 2 is 2.27 bits per heavy atom. The highest BCUT2D eigenvalue weighted by Gasteiger charge is 2.46.